The summed E-state index contributed by atoms with van der Waals surface area (Å²) in [6.07, 6.45) is 1.62. The molecule has 0 aliphatic carbocycles. The second kappa shape index (κ2) is 5.60. The number of ether oxygens (including phenoxy) is 4. The molecule has 0 aromatic heterocycles. The van der Waals surface area contributed by atoms with Gasteiger partial charge in [-0.2, -0.15) is 0 Å². The van der Waals surface area contributed by atoms with Gasteiger partial charge in [-0.05, 0) is 34.1 Å². The van der Waals surface area contributed by atoms with Crippen molar-refractivity contribution in [3.05, 3.63) is 0 Å². The molecule has 0 saturated carbocycles. The van der Waals surface area contributed by atoms with Gasteiger partial charge in [0.05, 0.1) is 19.6 Å². The van der Waals surface area contributed by atoms with Crippen LogP contribution in [0.3, 0.4) is 0 Å². The Labute approximate surface area is 119 Å². The van der Waals surface area contributed by atoms with Crippen LogP contribution in [-0.2, 0) is 23.4 Å². The van der Waals surface area contributed by atoms with Gasteiger partial charge >= 0.3 is 11.9 Å². The molecule has 0 radical (unpaired) electrons. The molecule has 2 aliphatic rings. The molecular weight excluding hydrogens is 264 g/mol. The average molecular weight is 289 g/mol. The van der Waals surface area contributed by atoms with Crippen LogP contribution in [0.15, 0.2) is 0 Å². The van der Waals surface area contributed by atoms with Crippen LogP contribution in [0.25, 0.3) is 0 Å². The number of esters is 1. The third-order valence-electron chi connectivity index (χ3n) is 3.26. The Morgan fingerprint density at radius 2 is 1.75 bits per heavy atom. The molecule has 116 valence electrons. The van der Waals surface area contributed by atoms with Crippen LogP contribution < -0.4 is 0 Å². The first-order valence-corrected chi connectivity index (χ1v) is 7.10. The first-order valence-electron chi connectivity index (χ1n) is 7.10. The van der Waals surface area contributed by atoms with Gasteiger partial charge in [0.2, 0.25) is 5.60 Å². The Bertz CT molecular complexity index is 362. The van der Waals surface area contributed by atoms with Gasteiger partial charge in [0.25, 0.3) is 0 Å². The van der Waals surface area contributed by atoms with Crippen LogP contribution in [0.4, 0.5) is 0 Å². The molecule has 2 aliphatic heterocycles. The predicted molar refractivity (Wildman–Crippen MR) is 71.2 cm³/mol. The largest absolute Gasteiger partial charge is 0.517 e. The van der Waals surface area contributed by atoms with Crippen LogP contribution in [0.2, 0.25) is 0 Å². The fourth-order valence-electron chi connectivity index (χ4n) is 2.21. The first-order chi connectivity index (χ1) is 9.27. The van der Waals surface area contributed by atoms with Crippen molar-refractivity contribution in [3.8, 4) is 0 Å². The highest BCUT2D eigenvalue weighted by Gasteiger charge is 2.57. The predicted octanol–water partition coefficient (Wildman–Crippen LogP) is 1.13. The highest BCUT2D eigenvalue weighted by molar-refractivity contribution is 5.79. The second-order valence-electron chi connectivity index (χ2n) is 6.12. The zero-order valence-electron chi connectivity index (χ0n) is 12.7. The first kappa shape index (κ1) is 15.7. The van der Waals surface area contributed by atoms with Crippen molar-refractivity contribution < 1.29 is 28.5 Å². The molecule has 0 aromatic carbocycles. The molecule has 20 heavy (non-hydrogen) atoms. The van der Waals surface area contributed by atoms with Crippen LogP contribution in [0.1, 0.15) is 40.5 Å². The molecule has 6 nitrogen and oxygen atoms in total. The van der Waals surface area contributed by atoms with Crippen LogP contribution >= 0.6 is 0 Å². The monoisotopic (exact) mass is 289 g/mol. The van der Waals surface area contributed by atoms with Gasteiger partial charge in [-0.3, -0.25) is 0 Å². The summed E-state index contributed by atoms with van der Waals surface area (Å²) < 4.78 is 28.3. The van der Waals surface area contributed by atoms with E-state index in [1.807, 2.05) is 13.8 Å². The van der Waals surface area contributed by atoms with E-state index < -0.39 is 17.2 Å². The third kappa shape index (κ3) is 3.14. The summed E-state index contributed by atoms with van der Waals surface area (Å²) in [5, 5.41) is 10.4. The van der Waals surface area contributed by atoms with Gasteiger partial charge in [-0.1, -0.05) is 0 Å². The summed E-state index contributed by atoms with van der Waals surface area (Å²) in [5.41, 5.74) is -2.21. The molecule has 0 unspecified atom stereocenters. The summed E-state index contributed by atoms with van der Waals surface area (Å²) in [5.74, 6) is -1.13. The molecule has 2 rings (SSSR count). The Morgan fingerprint density at radius 3 is 2.25 bits per heavy atom. The lowest BCUT2D eigenvalue weighted by atomic mass is 10.0. The van der Waals surface area contributed by atoms with E-state index in [1.165, 1.54) is 0 Å². The highest BCUT2D eigenvalue weighted by atomic mass is 16.9. The van der Waals surface area contributed by atoms with Crippen molar-refractivity contribution in [3.63, 3.8) is 0 Å². The minimum absolute atomic E-state index is 0.394. The van der Waals surface area contributed by atoms with Crippen molar-refractivity contribution in [1.29, 1.82) is 0 Å². The summed E-state index contributed by atoms with van der Waals surface area (Å²) >= 11 is 0. The number of carbonyl (C=O) groups excluding carboxylic acids is 1. The van der Waals surface area contributed by atoms with Gasteiger partial charge in [-0.15, -0.1) is 0 Å². The summed E-state index contributed by atoms with van der Waals surface area (Å²) in [4.78, 5) is 0. The quantitative estimate of drug-likeness (QED) is 0.620. The maximum Gasteiger partial charge on any atom is 0.517 e. The van der Waals surface area contributed by atoms with Crippen LogP contribution in [0, 0.1) is 0 Å². The molecule has 0 bridgehead atoms. The highest BCUT2D eigenvalue weighted by Crippen LogP contribution is 2.36. The lowest BCUT2D eigenvalue weighted by molar-refractivity contribution is -0.500. The molecule has 0 atom stereocenters. The van der Waals surface area contributed by atoms with Crippen molar-refractivity contribution >= 4 is 5.97 Å². The maximum absolute atomic E-state index is 10.4. The van der Waals surface area contributed by atoms with Gasteiger partial charge in [-0.25, -0.2) is 0 Å². The zero-order chi connectivity index (χ0) is 14.9. The number of aliphatic hydroxyl groups is 1. The fourth-order valence-corrected chi connectivity index (χ4v) is 2.21. The second-order valence-corrected chi connectivity index (χ2v) is 6.12. The standard InChI is InChI=1S/C14H25O6/c1-12(2,11-16-7-5-8-17-11)20-14(13(3,4)15)18-9-6-10-19-14/h15H,5-10H2,1-4H3/q+1. The normalized spacial score (nSPS) is 23.9. The van der Waals surface area contributed by atoms with Crippen LogP contribution in [-0.4, -0.2) is 54.7 Å². The molecular formula is C14H25O6+. The molecule has 0 spiro atoms. The molecule has 6 heteroatoms. The fraction of sp³-hybridized carbons (Fsp3) is 0.929. The Kier molecular flexibility index (Phi) is 4.39. The minimum Gasteiger partial charge on any atom is -0.382 e. The number of hydrogen-bond donors (Lipinski definition) is 1. The Morgan fingerprint density at radius 1 is 1.10 bits per heavy atom. The van der Waals surface area contributed by atoms with E-state index in [2.05, 4.69) is 0 Å². The number of hydrogen-bond acceptors (Lipinski definition) is 5. The topological polar surface area (TPSA) is 68.5 Å². The van der Waals surface area contributed by atoms with Gasteiger partial charge in [0.15, 0.2) is 13.2 Å². The van der Waals surface area contributed by atoms with Gasteiger partial charge in [0, 0.05) is 0 Å². The van der Waals surface area contributed by atoms with E-state index >= 15 is 0 Å². The Hall–Kier alpha value is -0.690. The zero-order valence-corrected chi connectivity index (χ0v) is 12.7. The van der Waals surface area contributed by atoms with E-state index in [9.17, 15) is 5.11 Å². The number of cyclic esters (lactones) is 1. The number of rotatable bonds is 4. The summed E-state index contributed by atoms with van der Waals surface area (Å²) in [6.45, 7) is 8.95. The van der Waals surface area contributed by atoms with Gasteiger partial charge < -0.3 is 28.5 Å². The molecule has 1 N–H and O–H groups in total. The van der Waals surface area contributed by atoms with Crippen molar-refractivity contribution in [2.24, 2.45) is 0 Å². The van der Waals surface area contributed by atoms with Crippen molar-refractivity contribution in [2.45, 2.75) is 57.7 Å². The smallest absolute Gasteiger partial charge is 0.382 e. The molecule has 0 amide bonds. The minimum atomic E-state index is -1.52. The van der Waals surface area contributed by atoms with Crippen LogP contribution in [0.5, 0.6) is 0 Å². The maximum atomic E-state index is 10.4. The van der Waals surface area contributed by atoms with Crippen molar-refractivity contribution in [2.75, 3.05) is 26.4 Å². The molecule has 0 aromatic rings. The van der Waals surface area contributed by atoms with E-state index in [4.69, 9.17) is 23.4 Å². The molecule has 2 heterocycles. The summed E-state index contributed by atoms with van der Waals surface area (Å²) in [6, 6.07) is 0. The summed E-state index contributed by atoms with van der Waals surface area (Å²) in [7, 11) is 0. The lowest BCUT2D eigenvalue weighted by Gasteiger charge is -2.46. The Balaban J connectivity index is 2.20. The van der Waals surface area contributed by atoms with Crippen molar-refractivity contribution in [1.82, 2.24) is 0 Å². The third-order valence-corrected chi connectivity index (χ3v) is 3.26. The van der Waals surface area contributed by atoms with Gasteiger partial charge in [0.1, 0.15) is 5.60 Å². The van der Waals surface area contributed by atoms with E-state index in [1.54, 1.807) is 13.8 Å². The van der Waals surface area contributed by atoms with E-state index in [-0.39, 0.29) is 0 Å². The SMILES string of the molecule is CC(C)(OC1(C(C)(C)O)OCCCO1)C1=[O+]CCCO1. The lowest BCUT2D eigenvalue weighted by Crippen LogP contribution is -2.62. The molecule has 1 fully saturated rings. The van der Waals surface area contributed by atoms with E-state index in [0.29, 0.717) is 32.4 Å². The van der Waals surface area contributed by atoms with E-state index in [0.717, 1.165) is 12.8 Å². The average Bonchev–Trinajstić information content (AvgIpc) is 2.39. The molecule has 1 saturated heterocycles.